The lowest BCUT2D eigenvalue weighted by Crippen LogP contribution is -2.17. The summed E-state index contributed by atoms with van der Waals surface area (Å²) in [4.78, 5) is 11.2. The van der Waals surface area contributed by atoms with Gasteiger partial charge in [-0.3, -0.25) is 4.79 Å². The van der Waals surface area contributed by atoms with Crippen molar-refractivity contribution in [2.24, 2.45) is 0 Å². The number of hydrogen-bond acceptors (Lipinski definition) is 7. The number of ether oxygens (including phenoxy) is 1. The van der Waals surface area contributed by atoms with Gasteiger partial charge in [-0.25, -0.2) is 9.36 Å². The molecule has 0 bridgehead atoms. The molecule has 2 aromatic heterocycles. The zero-order chi connectivity index (χ0) is 16.1. The first-order chi connectivity index (χ1) is 10.5. The molecule has 0 aliphatic heterocycles. The molecule has 120 valence electrons. The molecule has 0 saturated heterocycles. The summed E-state index contributed by atoms with van der Waals surface area (Å²) in [6.45, 7) is 6.05. The fourth-order valence-corrected chi connectivity index (χ4v) is 2.75. The summed E-state index contributed by atoms with van der Waals surface area (Å²) in [5.74, 6) is 7.03. The summed E-state index contributed by atoms with van der Waals surface area (Å²) in [7, 11) is 0. The number of rotatable bonds is 7. The SMILES string of the molecule is CCOC(=O)CCCSc1nnc(-n2nc(C)cc2C)n1N. The number of carbonyl (C=O) groups excluding carboxylic acids is 1. The highest BCUT2D eigenvalue weighted by Gasteiger charge is 2.14. The minimum atomic E-state index is -0.180. The molecular weight excluding hydrogens is 304 g/mol. The lowest BCUT2D eigenvalue weighted by molar-refractivity contribution is -0.143. The Morgan fingerprint density at radius 1 is 1.41 bits per heavy atom. The van der Waals surface area contributed by atoms with Gasteiger partial charge in [0, 0.05) is 17.9 Å². The number of nitrogens with two attached hydrogens (primary N) is 1. The molecule has 0 aromatic carbocycles. The third-order valence-electron chi connectivity index (χ3n) is 2.91. The number of nitrogens with zero attached hydrogens (tertiary/aromatic N) is 5. The van der Waals surface area contributed by atoms with Crippen molar-refractivity contribution in [3.05, 3.63) is 17.5 Å². The highest BCUT2D eigenvalue weighted by Crippen LogP contribution is 2.18. The second-order valence-corrected chi connectivity index (χ2v) is 5.81. The van der Waals surface area contributed by atoms with Crippen molar-refractivity contribution < 1.29 is 9.53 Å². The van der Waals surface area contributed by atoms with Gasteiger partial charge in [0.2, 0.25) is 5.16 Å². The Hall–Kier alpha value is -2.03. The van der Waals surface area contributed by atoms with Crippen LogP contribution in [0.15, 0.2) is 11.2 Å². The molecule has 0 aliphatic rings. The Labute approximate surface area is 133 Å². The minimum Gasteiger partial charge on any atom is -0.466 e. The molecule has 0 spiro atoms. The van der Waals surface area contributed by atoms with Gasteiger partial charge in [0.1, 0.15) is 0 Å². The summed E-state index contributed by atoms with van der Waals surface area (Å²) in [5, 5.41) is 13.1. The molecule has 8 nitrogen and oxygen atoms in total. The lowest BCUT2D eigenvalue weighted by atomic mass is 10.3. The molecule has 2 aromatic rings. The molecule has 2 N–H and O–H groups in total. The maximum absolute atomic E-state index is 11.2. The largest absolute Gasteiger partial charge is 0.466 e. The summed E-state index contributed by atoms with van der Waals surface area (Å²) < 4.78 is 7.95. The summed E-state index contributed by atoms with van der Waals surface area (Å²) >= 11 is 1.45. The molecule has 2 rings (SSSR count). The van der Waals surface area contributed by atoms with Crippen molar-refractivity contribution in [2.75, 3.05) is 18.2 Å². The first-order valence-electron chi connectivity index (χ1n) is 7.05. The van der Waals surface area contributed by atoms with Crippen molar-refractivity contribution in [1.82, 2.24) is 24.7 Å². The minimum absolute atomic E-state index is 0.180. The van der Waals surface area contributed by atoms with E-state index in [0.717, 1.165) is 11.4 Å². The van der Waals surface area contributed by atoms with E-state index < -0.39 is 0 Å². The first kappa shape index (κ1) is 16.3. The summed E-state index contributed by atoms with van der Waals surface area (Å²) in [5.41, 5.74) is 1.83. The Morgan fingerprint density at radius 3 is 2.82 bits per heavy atom. The number of aromatic nitrogens is 5. The first-order valence-corrected chi connectivity index (χ1v) is 8.04. The van der Waals surface area contributed by atoms with Gasteiger partial charge in [0.05, 0.1) is 12.3 Å². The van der Waals surface area contributed by atoms with E-state index in [4.69, 9.17) is 10.6 Å². The van der Waals surface area contributed by atoms with Gasteiger partial charge in [0.15, 0.2) is 0 Å². The van der Waals surface area contributed by atoms with E-state index in [0.29, 0.717) is 36.3 Å². The van der Waals surface area contributed by atoms with Crippen molar-refractivity contribution in [3.63, 3.8) is 0 Å². The van der Waals surface area contributed by atoms with Gasteiger partial charge in [0.25, 0.3) is 5.95 Å². The highest BCUT2D eigenvalue weighted by atomic mass is 32.2. The van der Waals surface area contributed by atoms with Gasteiger partial charge >= 0.3 is 5.97 Å². The molecule has 2 heterocycles. The van der Waals surface area contributed by atoms with Gasteiger partial charge in [-0.05, 0) is 33.3 Å². The maximum Gasteiger partial charge on any atom is 0.305 e. The van der Waals surface area contributed by atoms with Crippen molar-refractivity contribution >= 4 is 17.7 Å². The van der Waals surface area contributed by atoms with Crippen LogP contribution >= 0.6 is 11.8 Å². The van der Waals surface area contributed by atoms with E-state index in [1.807, 2.05) is 19.9 Å². The van der Waals surface area contributed by atoms with Crippen LogP contribution in [0.3, 0.4) is 0 Å². The van der Waals surface area contributed by atoms with Gasteiger partial charge in [-0.1, -0.05) is 11.8 Å². The standard InChI is InChI=1S/C13H20N6O2S/c1-4-21-11(20)6-5-7-22-13-16-15-12(18(13)14)19-10(3)8-9(2)17-19/h8H,4-7,14H2,1-3H3. The van der Waals surface area contributed by atoms with Gasteiger partial charge in [-0.2, -0.15) is 5.10 Å². The molecule has 0 aliphatic carbocycles. The molecule has 0 atom stereocenters. The van der Waals surface area contributed by atoms with Crippen molar-refractivity contribution in [1.29, 1.82) is 0 Å². The van der Waals surface area contributed by atoms with E-state index in [9.17, 15) is 4.79 Å². The number of carbonyl (C=O) groups is 1. The fraction of sp³-hybridized carbons (Fsp3) is 0.538. The number of hydrogen-bond donors (Lipinski definition) is 1. The smallest absolute Gasteiger partial charge is 0.305 e. The Balaban J connectivity index is 1.94. The molecule has 22 heavy (non-hydrogen) atoms. The third-order valence-corrected chi connectivity index (χ3v) is 3.94. The average molecular weight is 324 g/mol. The molecular formula is C13H20N6O2S. The number of nitrogen functional groups attached to an aromatic ring is 1. The van der Waals surface area contributed by atoms with E-state index >= 15 is 0 Å². The summed E-state index contributed by atoms with van der Waals surface area (Å²) in [6.07, 6.45) is 1.09. The molecule has 0 unspecified atom stereocenters. The van der Waals surface area contributed by atoms with Crippen LogP contribution in [0.5, 0.6) is 0 Å². The maximum atomic E-state index is 11.2. The molecule has 0 radical (unpaired) electrons. The van der Waals surface area contributed by atoms with E-state index in [2.05, 4.69) is 15.3 Å². The highest BCUT2D eigenvalue weighted by molar-refractivity contribution is 7.99. The van der Waals surface area contributed by atoms with E-state index in [-0.39, 0.29) is 5.97 Å². The van der Waals surface area contributed by atoms with Crippen LogP contribution in [0.4, 0.5) is 0 Å². The van der Waals surface area contributed by atoms with Crippen LogP contribution in [0.2, 0.25) is 0 Å². The predicted octanol–water partition coefficient (Wildman–Crippen LogP) is 1.23. The Morgan fingerprint density at radius 2 is 2.18 bits per heavy atom. The molecule has 0 fully saturated rings. The van der Waals surface area contributed by atoms with Gasteiger partial charge in [-0.15, -0.1) is 10.2 Å². The Kier molecular flexibility index (Phi) is 5.42. The van der Waals surface area contributed by atoms with Crippen LogP contribution < -0.4 is 5.84 Å². The zero-order valence-electron chi connectivity index (χ0n) is 12.9. The summed E-state index contributed by atoms with van der Waals surface area (Å²) in [6, 6.07) is 1.95. The van der Waals surface area contributed by atoms with E-state index in [1.165, 1.54) is 16.4 Å². The fourth-order valence-electron chi connectivity index (χ4n) is 1.96. The van der Waals surface area contributed by atoms with Crippen LogP contribution in [0, 0.1) is 13.8 Å². The zero-order valence-corrected chi connectivity index (χ0v) is 13.8. The second kappa shape index (κ2) is 7.30. The third kappa shape index (κ3) is 3.79. The van der Waals surface area contributed by atoms with Crippen molar-refractivity contribution in [3.8, 4) is 5.95 Å². The van der Waals surface area contributed by atoms with Crippen molar-refractivity contribution in [2.45, 2.75) is 38.8 Å². The number of thioether (sulfide) groups is 1. The topological polar surface area (TPSA) is 101 Å². The van der Waals surface area contributed by atoms with Crippen LogP contribution in [0.25, 0.3) is 5.95 Å². The molecule has 0 amide bonds. The van der Waals surface area contributed by atoms with Crippen LogP contribution in [-0.2, 0) is 9.53 Å². The monoisotopic (exact) mass is 324 g/mol. The Bertz CT molecular complexity index is 651. The predicted molar refractivity (Wildman–Crippen MR) is 83.4 cm³/mol. The van der Waals surface area contributed by atoms with E-state index in [1.54, 1.807) is 11.6 Å². The normalized spacial score (nSPS) is 10.9. The second-order valence-electron chi connectivity index (χ2n) is 4.75. The number of esters is 1. The number of aryl methyl sites for hydroxylation is 2. The molecule has 0 saturated carbocycles. The quantitative estimate of drug-likeness (QED) is 0.354. The van der Waals surface area contributed by atoms with Crippen LogP contribution in [-0.4, -0.2) is 43.0 Å². The van der Waals surface area contributed by atoms with Gasteiger partial charge < -0.3 is 10.6 Å². The lowest BCUT2D eigenvalue weighted by Gasteiger charge is -2.05. The average Bonchev–Trinajstić information content (AvgIpc) is 2.98. The van der Waals surface area contributed by atoms with Crippen LogP contribution in [0.1, 0.15) is 31.2 Å². The molecule has 9 heteroatoms.